The third-order valence-electron chi connectivity index (χ3n) is 10.2. The van der Waals surface area contributed by atoms with Crippen molar-refractivity contribution in [3.05, 3.63) is 24.3 Å². The summed E-state index contributed by atoms with van der Waals surface area (Å²) in [6.45, 7) is 4.85. The molecule has 0 spiro atoms. The Morgan fingerprint density at radius 1 is 0.611 bits per heavy atom. The van der Waals surface area contributed by atoms with E-state index < -0.39 is 20.0 Å². The van der Waals surface area contributed by atoms with Gasteiger partial charge in [0.15, 0.2) is 0 Å². The van der Waals surface area contributed by atoms with Gasteiger partial charge in [0.05, 0.1) is 39.9 Å². The fraction of sp³-hybridized carbons (Fsp3) is 0.889. The minimum absolute atomic E-state index is 0.0698. The second-order valence-electron chi connectivity index (χ2n) is 16.8. The lowest BCUT2D eigenvalue weighted by Gasteiger charge is -2.26. The summed E-state index contributed by atoms with van der Waals surface area (Å²) >= 11 is 0. The molecule has 1 amide bonds. The van der Waals surface area contributed by atoms with Crippen LogP contribution in [0.5, 0.6) is 0 Å². The van der Waals surface area contributed by atoms with Gasteiger partial charge in [0.25, 0.3) is 0 Å². The Bertz CT molecular complexity index is 938. The number of hydrogen-bond donors (Lipinski definition) is 3. The molecule has 0 aromatic carbocycles. The number of hydrogen-bond acceptors (Lipinski definition) is 5. The number of quaternary nitrogens is 1. The fourth-order valence-electron chi connectivity index (χ4n) is 6.50. The molecule has 3 atom stereocenters. The van der Waals surface area contributed by atoms with Crippen LogP contribution < -0.4 is 5.32 Å². The standard InChI is InChI=1S/C45H89N2O6P/c1-6-8-10-12-14-16-18-20-21-22-23-24-25-27-29-31-33-35-37-39-45(49)46-43(42-53-54(50,51)52-41-40-47(3,4)5)44(48)38-36-34-32-30-28-26-19-17-15-13-11-9-7-2/h20-21,28,30,43-44,48H,6-19,22-27,29,31-42H2,1-5H3,(H-,46,49,50,51)/p+1/b21-20+,30-28+/t43-,44+/m0/s1. The minimum atomic E-state index is -4.32. The number of phosphoric ester groups is 1. The topological polar surface area (TPSA) is 105 Å². The van der Waals surface area contributed by atoms with E-state index in [2.05, 4.69) is 43.5 Å². The quantitative estimate of drug-likeness (QED) is 0.0247. The van der Waals surface area contributed by atoms with E-state index in [4.69, 9.17) is 9.05 Å². The van der Waals surface area contributed by atoms with Gasteiger partial charge in [-0.3, -0.25) is 13.8 Å². The number of rotatable bonds is 41. The van der Waals surface area contributed by atoms with Crippen molar-refractivity contribution in [2.24, 2.45) is 0 Å². The fourth-order valence-corrected chi connectivity index (χ4v) is 7.24. The van der Waals surface area contributed by atoms with Crippen LogP contribution in [0.15, 0.2) is 24.3 Å². The van der Waals surface area contributed by atoms with Crippen molar-refractivity contribution < 1.29 is 32.9 Å². The molecular formula is C45H90N2O6P+. The zero-order chi connectivity index (χ0) is 40.0. The third-order valence-corrected chi connectivity index (χ3v) is 11.2. The molecule has 3 N–H and O–H groups in total. The second-order valence-corrected chi connectivity index (χ2v) is 18.2. The number of nitrogens with zero attached hydrogens (tertiary/aromatic N) is 1. The summed E-state index contributed by atoms with van der Waals surface area (Å²) < 4.78 is 23.6. The highest BCUT2D eigenvalue weighted by atomic mass is 31.2. The summed E-state index contributed by atoms with van der Waals surface area (Å²) in [5.41, 5.74) is 0. The lowest BCUT2D eigenvalue weighted by Crippen LogP contribution is -2.46. The Kier molecular flexibility index (Phi) is 36.8. The number of carbonyl (C=O) groups excluding carboxylic acids is 1. The normalized spacial score (nSPS) is 14.6. The van der Waals surface area contributed by atoms with Crippen LogP contribution in [-0.2, 0) is 18.4 Å². The molecule has 0 radical (unpaired) electrons. The van der Waals surface area contributed by atoms with Crippen molar-refractivity contribution in [2.45, 2.75) is 219 Å². The van der Waals surface area contributed by atoms with E-state index in [-0.39, 0.29) is 19.1 Å². The van der Waals surface area contributed by atoms with Gasteiger partial charge < -0.3 is 19.8 Å². The Morgan fingerprint density at radius 3 is 1.43 bits per heavy atom. The van der Waals surface area contributed by atoms with E-state index in [9.17, 15) is 19.4 Å². The van der Waals surface area contributed by atoms with Crippen LogP contribution in [0.1, 0.15) is 206 Å². The van der Waals surface area contributed by atoms with E-state index in [0.29, 0.717) is 23.9 Å². The molecule has 0 aromatic heterocycles. The number of phosphoric acid groups is 1. The summed E-state index contributed by atoms with van der Waals surface area (Å²) in [4.78, 5) is 23.1. The zero-order valence-corrected chi connectivity index (χ0v) is 37.1. The highest BCUT2D eigenvalue weighted by Crippen LogP contribution is 2.43. The van der Waals surface area contributed by atoms with Crippen LogP contribution >= 0.6 is 7.82 Å². The first-order valence-electron chi connectivity index (χ1n) is 22.7. The first-order chi connectivity index (χ1) is 26.0. The molecule has 9 heteroatoms. The molecule has 0 rings (SSSR count). The average Bonchev–Trinajstić information content (AvgIpc) is 3.12. The maximum atomic E-state index is 12.9. The number of amides is 1. The summed E-state index contributed by atoms with van der Waals surface area (Å²) in [6.07, 6.45) is 43.5. The molecule has 0 saturated heterocycles. The summed E-state index contributed by atoms with van der Waals surface area (Å²) in [6, 6.07) is -0.774. The highest BCUT2D eigenvalue weighted by molar-refractivity contribution is 7.47. The van der Waals surface area contributed by atoms with Crippen molar-refractivity contribution in [2.75, 3.05) is 40.9 Å². The number of likely N-dealkylation sites (N-methyl/N-ethyl adjacent to an activating group) is 1. The monoisotopic (exact) mass is 786 g/mol. The van der Waals surface area contributed by atoms with E-state index in [1.54, 1.807) is 0 Å². The number of carbonyl (C=O) groups is 1. The number of aliphatic hydroxyl groups is 1. The smallest absolute Gasteiger partial charge is 0.391 e. The van der Waals surface area contributed by atoms with Gasteiger partial charge in [-0.25, -0.2) is 4.57 Å². The first kappa shape index (κ1) is 53.0. The largest absolute Gasteiger partial charge is 0.472 e. The number of unbranched alkanes of at least 4 members (excludes halogenated alkanes) is 24. The predicted molar refractivity (Wildman–Crippen MR) is 231 cm³/mol. The van der Waals surface area contributed by atoms with Crippen molar-refractivity contribution in [1.82, 2.24) is 5.32 Å². The van der Waals surface area contributed by atoms with E-state index in [0.717, 1.165) is 44.9 Å². The van der Waals surface area contributed by atoms with E-state index >= 15 is 0 Å². The van der Waals surface area contributed by atoms with Gasteiger partial charge >= 0.3 is 7.82 Å². The molecule has 0 fully saturated rings. The second kappa shape index (κ2) is 37.6. The Balaban J connectivity index is 4.34. The highest BCUT2D eigenvalue weighted by Gasteiger charge is 2.28. The van der Waals surface area contributed by atoms with Crippen LogP contribution in [0.2, 0.25) is 0 Å². The van der Waals surface area contributed by atoms with Gasteiger partial charge in [0.2, 0.25) is 5.91 Å². The van der Waals surface area contributed by atoms with Crippen LogP contribution in [0.3, 0.4) is 0 Å². The summed E-state index contributed by atoms with van der Waals surface area (Å²) in [7, 11) is 1.60. The molecule has 0 aromatic rings. The SMILES string of the molecule is CCCCCCCC/C=C/CCCCCCCCCCCC(=O)N[C@@H](COP(=O)(O)OCC[N+](C)(C)C)[C@H](O)CCCC/C=C/CCCCCCCCC. The molecule has 0 saturated carbocycles. The molecule has 0 aliphatic heterocycles. The van der Waals surface area contributed by atoms with Crippen LogP contribution in [0.4, 0.5) is 0 Å². The molecule has 1 unspecified atom stereocenters. The van der Waals surface area contributed by atoms with Gasteiger partial charge in [-0.05, 0) is 64.2 Å². The molecule has 8 nitrogen and oxygen atoms in total. The van der Waals surface area contributed by atoms with Crippen LogP contribution in [-0.4, -0.2) is 73.4 Å². The van der Waals surface area contributed by atoms with Gasteiger partial charge in [-0.2, -0.15) is 0 Å². The maximum Gasteiger partial charge on any atom is 0.472 e. The summed E-state index contributed by atoms with van der Waals surface area (Å²) in [5.74, 6) is -0.157. The van der Waals surface area contributed by atoms with Crippen molar-refractivity contribution in [3.8, 4) is 0 Å². The Hall–Kier alpha value is -1.02. The lowest BCUT2D eigenvalue weighted by atomic mass is 10.0. The molecule has 0 aliphatic carbocycles. The van der Waals surface area contributed by atoms with Crippen LogP contribution in [0.25, 0.3) is 0 Å². The number of aliphatic hydroxyl groups excluding tert-OH is 1. The van der Waals surface area contributed by atoms with E-state index in [1.165, 1.54) is 135 Å². The number of allylic oxidation sites excluding steroid dienone is 4. The lowest BCUT2D eigenvalue weighted by molar-refractivity contribution is -0.870. The Labute approximate surface area is 334 Å². The molecular weight excluding hydrogens is 695 g/mol. The van der Waals surface area contributed by atoms with Gasteiger partial charge in [0, 0.05) is 6.42 Å². The third kappa shape index (κ3) is 39.2. The molecule has 54 heavy (non-hydrogen) atoms. The van der Waals surface area contributed by atoms with Gasteiger partial charge in [-0.1, -0.05) is 160 Å². The minimum Gasteiger partial charge on any atom is -0.391 e. The molecule has 0 heterocycles. The zero-order valence-electron chi connectivity index (χ0n) is 36.2. The summed E-state index contributed by atoms with van der Waals surface area (Å²) in [5, 5.41) is 13.9. The van der Waals surface area contributed by atoms with Gasteiger partial charge in [0.1, 0.15) is 13.2 Å². The predicted octanol–water partition coefficient (Wildman–Crippen LogP) is 12.5. The van der Waals surface area contributed by atoms with E-state index in [1.807, 2.05) is 21.1 Å². The van der Waals surface area contributed by atoms with Crippen molar-refractivity contribution in [3.63, 3.8) is 0 Å². The molecule has 0 bridgehead atoms. The Morgan fingerprint density at radius 2 is 1.00 bits per heavy atom. The van der Waals surface area contributed by atoms with Crippen molar-refractivity contribution in [1.29, 1.82) is 0 Å². The maximum absolute atomic E-state index is 12.9. The van der Waals surface area contributed by atoms with Crippen molar-refractivity contribution >= 4 is 13.7 Å². The number of nitrogens with one attached hydrogen (secondary N) is 1. The molecule has 320 valence electrons. The molecule has 0 aliphatic rings. The first-order valence-corrected chi connectivity index (χ1v) is 24.2. The van der Waals surface area contributed by atoms with Gasteiger partial charge in [-0.15, -0.1) is 0 Å². The average molecular weight is 786 g/mol. The van der Waals surface area contributed by atoms with Crippen LogP contribution in [0, 0.1) is 0 Å².